The Morgan fingerprint density at radius 1 is 1.16 bits per heavy atom. The smallest absolute Gasteiger partial charge is 0.255 e. The zero-order chi connectivity index (χ0) is 29.7. The second-order valence-corrected chi connectivity index (χ2v) is 12.3. The molecule has 0 radical (unpaired) electrons. The number of carbonyl (C=O) groups is 2. The van der Waals surface area contributed by atoms with Crippen LogP contribution in [0.3, 0.4) is 0 Å². The van der Waals surface area contributed by atoms with Gasteiger partial charge < -0.3 is 14.4 Å². The van der Waals surface area contributed by atoms with Gasteiger partial charge in [-0.15, -0.1) is 11.3 Å². The van der Waals surface area contributed by atoms with Crippen LogP contribution in [0.4, 0.5) is 13.9 Å². The summed E-state index contributed by atoms with van der Waals surface area (Å²) < 4.78 is 32.6. The molecule has 3 aliphatic heterocycles. The van der Waals surface area contributed by atoms with Crippen LogP contribution in [0.5, 0.6) is 0 Å². The number of carbonyl (C=O) groups excluding carboxylic acids is 2. The van der Waals surface area contributed by atoms with Gasteiger partial charge >= 0.3 is 0 Å². The topological polar surface area (TPSA) is 83.4 Å². The number of alkyl halides is 1. The lowest BCUT2D eigenvalue weighted by atomic mass is 9.87. The first-order valence-corrected chi connectivity index (χ1v) is 15.6. The SMILES string of the molecule is CCN1CC[C@@H](c2ccc(-c3cc(F)c4c(c3)C(=O)N(C(C(=O)Nc3nccs3)c3ncn5c3CCC5)C4)cc2)[C@H](F)C1. The Balaban J connectivity index is 1.17. The number of fused-ring (bicyclic) bond motifs is 2. The Bertz CT molecular complexity index is 1670. The molecule has 5 heterocycles. The first kappa shape index (κ1) is 27.8. The summed E-state index contributed by atoms with van der Waals surface area (Å²) in [6.45, 7) is 4.94. The van der Waals surface area contributed by atoms with E-state index in [0.717, 1.165) is 55.7 Å². The average molecular weight is 603 g/mol. The van der Waals surface area contributed by atoms with Gasteiger partial charge in [-0.2, -0.15) is 0 Å². The van der Waals surface area contributed by atoms with Gasteiger partial charge in [-0.25, -0.2) is 18.7 Å². The van der Waals surface area contributed by atoms with Crippen molar-refractivity contribution >= 4 is 28.3 Å². The minimum absolute atomic E-state index is 0.0458. The molecule has 11 heteroatoms. The van der Waals surface area contributed by atoms with Crippen LogP contribution in [0.1, 0.15) is 64.6 Å². The van der Waals surface area contributed by atoms with Crippen molar-refractivity contribution in [3.8, 4) is 11.1 Å². The van der Waals surface area contributed by atoms with Crippen LogP contribution in [0.25, 0.3) is 11.1 Å². The van der Waals surface area contributed by atoms with Crippen LogP contribution >= 0.6 is 11.3 Å². The van der Waals surface area contributed by atoms with Crippen LogP contribution < -0.4 is 5.32 Å². The quantitative estimate of drug-likeness (QED) is 0.299. The largest absolute Gasteiger partial charge is 0.334 e. The number of imidazole rings is 1. The average Bonchev–Trinajstić information content (AvgIpc) is 3.81. The number of aromatic nitrogens is 3. The maximum atomic E-state index is 15.6. The van der Waals surface area contributed by atoms with Gasteiger partial charge in [-0.05, 0) is 61.2 Å². The summed E-state index contributed by atoms with van der Waals surface area (Å²) in [5.41, 5.74) is 4.15. The molecule has 43 heavy (non-hydrogen) atoms. The lowest BCUT2D eigenvalue weighted by molar-refractivity contribution is -0.121. The van der Waals surface area contributed by atoms with Crippen LogP contribution in [0.2, 0.25) is 0 Å². The van der Waals surface area contributed by atoms with E-state index in [1.807, 2.05) is 35.8 Å². The Labute approximate surface area is 252 Å². The van der Waals surface area contributed by atoms with Crippen molar-refractivity contribution in [3.63, 3.8) is 0 Å². The lowest BCUT2D eigenvalue weighted by Gasteiger charge is -2.34. The summed E-state index contributed by atoms with van der Waals surface area (Å²) in [4.78, 5) is 39.8. The molecule has 2 amide bonds. The van der Waals surface area contributed by atoms with E-state index in [2.05, 4.69) is 20.2 Å². The number of hydrogen-bond acceptors (Lipinski definition) is 6. The number of thiazole rings is 1. The molecule has 0 bridgehead atoms. The second kappa shape index (κ2) is 11.3. The van der Waals surface area contributed by atoms with Crippen molar-refractivity contribution < 1.29 is 18.4 Å². The minimum atomic E-state index is -1.03. The molecule has 8 nitrogen and oxygen atoms in total. The van der Waals surface area contributed by atoms with Crippen LogP contribution in [0, 0.1) is 5.82 Å². The zero-order valence-corrected chi connectivity index (χ0v) is 24.6. The van der Waals surface area contributed by atoms with Crippen LogP contribution in [-0.2, 0) is 24.3 Å². The fourth-order valence-electron chi connectivity index (χ4n) is 6.72. The molecule has 3 aliphatic rings. The summed E-state index contributed by atoms with van der Waals surface area (Å²) in [7, 11) is 0. The molecule has 0 spiro atoms. The summed E-state index contributed by atoms with van der Waals surface area (Å²) in [6.07, 6.45) is 4.80. The third-order valence-electron chi connectivity index (χ3n) is 9.03. The standard InChI is InChI=1S/C32H32F2N6O2S/c1-2-38-12-9-22(26(34)17-38)20-7-5-19(6-8-20)21-14-23-24(25(33)15-21)16-40(31(23)42)29(30(41)37-32-35-10-13-43-32)28-27-4-3-11-39(27)18-36-28/h5-8,10,13-15,18,22,26,29H,2-4,9,11-12,16-17H2,1H3,(H,35,37,41)/t22-,26+,29?/m0/s1. The highest BCUT2D eigenvalue weighted by Crippen LogP contribution is 2.38. The summed E-state index contributed by atoms with van der Waals surface area (Å²) in [5.74, 6) is -1.52. The normalized spacial score (nSPS) is 20.7. The van der Waals surface area contributed by atoms with Gasteiger partial charge in [-0.3, -0.25) is 14.9 Å². The Kier molecular flexibility index (Phi) is 7.30. The third kappa shape index (κ3) is 5.04. The number of nitrogens with one attached hydrogen (secondary N) is 1. The van der Waals surface area contributed by atoms with Crippen molar-refractivity contribution in [3.05, 3.63) is 88.2 Å². The van der Waals surface area contributed by atoms with Crippen molar-refractivity contribution in [2.24, 2.45) is 0 Å². The van der Waals surface area contributed by atoms with E-state index in [9.17, 15) is 14.0 Å². The van der Waals surface area contributed by atoms with E-state index >= 15 is 4.39 Å². The number of likely N-dealkylation sites (tertiary alicyclic amines) is 1. The van der Waals surface area contributed by atoms with Gasteiger partial charge in [0.2, 0.25) is 0 Å². The van der Waals surface area contributed by atoms with E-state index in [0.29, 0.717) is 22.9 Å². The van der Waals surface area contributed by atoms with Gasteiger partial charge in [0, 0.05) is 47.4 Å². The highest BCUT2D eigenvalue weighted by molar-refractivity contribution is 7.13. The zero-order valence-electron chi connectivity index (χ0n) is 23.8. The number of halogens is 2. The Morgan fingerprint density at radius 2 is 2.00 bits per heavy atom. The van der Waals surface area contributed by atoms with E-state index in [-0.39, 0.29) is 23.6 Å². The molecule has 2 aromatic heterocycles. The first-order chi connectivity index (χ1) is 20.9. The van der Waals surface area contributed by atoms with Crippen LogP contribution in [-0.4, -0.2) is 62.0 Å². The number of anilines is 1. The highest BCUT2D eigenvalue weighted by Gasteiger charge is 2.42. The summed E-state index contributed by atoms with van der Waals surface area (Å²) >= 11 is 1.28. The maximum Gasteiger partial charge on any atom is 0.255 e. The number of nitrogens with zero attached hydrogens (tertiary/aromatic N) is 5. The number of amides is 2. The predicted molar refractivity (Wildman–Crippen MR) is 160 cm³/mol. The van der Waals surface area contributed by atoms with Crippen molar-refractivity contribution in [1.29, 1.82) is 0 Å². The van der Waals surface area contributed by atoms with Gasteiger partial charge in [-0.1, -0.05) is 31.2 Å². The van der Waals surface area contributed by atoms with Crippen molar-refractivity contribution in [2.45, 2.75) is 57.4 Å². The molecule has 222 valence electrons. The Morgan fingerprint density at radius 3 is 2.74 bits per heavy atom. The fraction of sp³-hybridized carbons (Fsp3) is 0.375. The molecule has 0 saturated carbocycles. The molecule has 4 aromatic rings. The van der Waals surface area contributed by atoms with Gasteiger partial charge in [0.15, 0.2) is 11.2 Å². The molecule has 0 aliphatic carbocycles. The fourth-order valence-corrected chi connectivity index (χ4v) is 7.25. The number of aryl methyl sites for hydroxylation is 1. The number of piperidine rings is 1. The first-order valence-electron chi connectivity index (χ1n) is 14.8. The monoisotopic (exact) mass is 602 g/mol. The van der Waals surface area contributed by atoms with E-state index < -0.39 is 29.8 Å². The molecule has 7 rings (SSSR count). The lowest BCUT2D eigenvalue weighted by Crippen LogP contribution is -2.40. The number of benzene rings is 2. The number of hydrogen-bond donors (Lipinski definition) is 1. The molecular weight excluding hydrogens is 570 g/mol. The van der Waals surface area contributed by atoms with Gasteiger partial charge in [0.05, 0.1) is 18.6 Å². The minimum Gasteiger partial charge on any atom is -0.334 e. The maximum absolute atomic E-state index is 15.6. The molecule has 1 unspecified atom stereocenters. The van der Waals surface area contributed by atoms with Gasteiger partial charge in [0.25, 0.3) is 11.8 Å². The second-order valence-electron chi connectivity index (χ2n) is 11.4. The summed E-state index contributed by atoms with van der Waals surface area (Å²) in [6, 6.07) is 9.64. The predicted octanol–water partition coefficient (Wildman–Crippen LogP) is 5.58. The molecule has 1 saturated heterocycles. The molecule has 2 aromatic carbocycles. The highest BCUT2D eigenvalue weighted by atomic mass is 32.1. The molecular formula is C32H32F2N6O2S. The summed E-state index contributed by atoms with van der Waals surface area (Å²) in [5, 5.41) is 4.99. The van der Waals surface area contributed by atoms with E-state index in [4.69, 9.17) is 0 Å². The third-order valence-corrected chi connectivity index (χ3v) is 9.72. The Hall–Kier alpha value is -3.96. The molecule has 1 N–H and O–H groups in total. The van der Waals surface area contributed by atoms with Crippen molar-refractivity contribution in [1.82, 2.24) is 24.3 Å². The van der Waals surface area contributed by atoms with E-state index in [1.54, 1.807) is 24.0 Å². The van der Waals surface area contributed by atoms with Crippen molar-refractivity contribution in [2.75, 3.05) is 25.0 Å². The molecule has 1 fully saturated rings. The van der Waals surface area contributed by atoms with Gasteiger partial charge in [0.1, 0.15) is 12.0 Å². The number of rotatable bonds is 7. The molecule has 3 atom stereocenters. The van der Waals surface area contributed by atoms with Crippen LogP contribution in [0.15, 0.2) is 54.3 Å². The van der Waals surface area contributed by atoms with E-state index in [1.165, 1.54) is 22.3 Å².